The molecule has 31 heavy (non-hydrogen) atoms. The van der Waals surface area contributed by atoms with Crippen LogP contribution in [0.15, 0.2) is 36.7 Å². The molecule has 2 aliphatic rings. The van der Waals surface area contributed by atoms with E-state index in [1.165, 1.54) is 6.21 Å². The standard InChI is InChI=1S/C24H30ClN5O/c1-16-5-6-20-22(30(16)2)8-7-19(23(20)31-24-21(25)4-3-11-28-24)17(14-26)15-29-18-9-12-27-13-10-18/h3-4,7-8,11,14-16,18,26-27,29H,5-6,9-10,12-13H2,1-2H3/b17-15+,26-14?. The molecule has 3 N–H and O–H groups in total. The number of hydrogen-bond acceptors (Lipinski definition) is 6. The average Bonchev–Trinajstić information content (AvgIpc) is 2.79. The van der Waals surface area contributed by atoms with Gasteiger partial charge in [-0.2, -0.15) is 0 Å². The Labute approximate surface area is 189 Å². The Morgan fingerprint density at radius 3 is 2.84 bits per heavy atom. The van der Waals surface area contributed by atoms with Crippen molar-refractivity contribution in [1.82, 2.24) is 15.6 Å². The van der Waals surface area contributed by atoms with Crippen molar-refractivity contribution in [2.75, 3.05) is 25.0 Å². The summed E-state index contributed by atoms with van der Waals surface area (Å²) in [6.45, 7) is 4.27. The molecule has 3 heterocycles. The van der Waals surface area contributed by atoms with Gasteiger partial charge in [0, 0.05) is 60.1 Å². The fourth-order valence-electron chi connectivity index (χ4n) is 4.25. The van der Waals surface area contributed by atoms with Gasteiger partial charge in [0.05, 0.1) is 0 Å². The second-order valence-electron chi connectivity index (χ2n) is 8.27. The Kier molecular flexibility index (Phi) is 6.78. The molecule has 1 fully saturated rings. The Balaban J connectivity index is 1.75. The third-order valence-electron chi connectivity index (χ3n) is 6.29. The molecule has 0 aliphatic carbocycles. The first kappa shape index (κ1) is 21.7. The maximum Gasteiger partial charge on any atom is 0.238 e. The Morgan fingerprint density at radius 1 is 1.29 bits per heavy atom. The van der Waals surface area contributed by atoms with E-state index in [2.05, 4.69) is 40.6 Å². The summed E-state index contributed by atoms with van der Waals surface area (Å²) in [4.78, 5) is 6.62. The fourth-order valence-corrected chi connectivity index (χ4v) is 4.41. The van der Waals surface area contributed by atoms with Gasteiger partial charge in [-0.25, -0.2) is 4.98 Å². The number of hydrogen-bond donors (Lipinski definition) is 3. The smallest absolute Gasteiger partial charge is 0.238 e. The number of rotatable bonds is 6. The number of aromatic nitrogens is 1. The molecule has 1 atom stereocenters. The molecule has 6 nitrogen and oxygen atoms in total. The van der Waals surface area contributed by atoms with Crippen molar-refractivity contribution in [3.63, 3.8) is 0 Å². The molecule has 164 valence electrons. The Bertz CT molecular complexity index is 970. The summed E-state index contributed by atoms with van der Waals surface area (Å²) < 4.78 is 6.35. The van der Waals surface area contributed by atoms with Crippen LogP contribution in [0.5, 0.6) is 11.6 Å². The topological polar surface area (TPSA) is 73.3 Å². The van der Waals surface area contributed by atoms with Crippen molar-refractivity contribution in [2.24, 2.45) is 0 Å². The highest BCUT2D eigenvalue weighted by Crippen LogP contribution is 2.42. The molecule has 0 radical (unpaired) electrons. The van der Waals surface area contributed by atoms with E-state index in [1.807, 2.05) is 12.3 Å². The molecule has 1 saturated heterocycles. The van der Waals surface area contributed by atoms with Gasteiger partial charge in [0.2, 0.25) is 5.88 Å². The molecule has 0 spiro atoms. The van der Waals surface area contributed by atoms with Crippen molar-refractivity contribution >= 4 is 29.1 Å². The van der Waals surface area contributed by atoms with Crippen LogP contribution >= 0.6 is 11.6 Å². The number of fused-ring (bicyclic) bond motifs is 1. The van der Waals surface area contributed by atoms with Crippen LogP contribution in [0.3, 0.4) is 0 Å². The van der Waals surface area contributed by atoms with Gasteiger partial charge in [0.1, 0.15) is 10.8 Å². The first-order valence-corrected chi connectivity index (χ1v) is 11.3. The minimum absolute atomic E-state index is 0.385. The van der Waals surface area contributed by atoms with Gasteiger partial charge >= 0.3 is 0 Å². The molecule has 0 saturated carbocycles. The lowest BCUT2D eigenvalue weighted by Crippen LogP contribution is -2.37. The van der Waals surface area contributed by atoms with Gasteiger partial charge in [-0.05, 0) is 70.0 Å². The van der Waals surface area contributed by atoms with Crippen molar-refractivity contribution in [3.05, 3.63) is 52.8 Å². The lowest BCUT2D eigenvalue weighted by Gasteiger charge is -2.35. The monoisotopic (exact) mass is 439 g/mol. The molecular formula is C24H30ClN5O. The SMILES string of the molecule is CC1CCc2c(ccc(/C(C=N)=C/NC3CCNCC3)c2Oc2ncccc2Cl)N1C. The highest BCUT2D eigenvalue weighted by Gasteiger charge is 2.26. The number of allylic oxidation sites excluding steroid dienone is 1. The molecule has 7 heteroatoms. The molecular weight excluding hydrogens is 410 g/mol. The van der Waals surface area contributed by atoms with Gasteiger partial charge in [-0.1, -0.05) is 11.6 Å². The normalized spacial score (nSPS) is 19.6. The number of piperidine rings is 1. The average molecular weight is 440 g/mol. The first-order chi connectivity index (χ1) is 15.1. The summed E-state index contributed by atoms with van der Waals surface area (Å²) in [5.74, 6) is 1.12. The zero-order valence-electron chi connectivity index (χ0n) is 18.1. The van der Waals surface area contributed by atoms with Crippen LogP contribution in [0.1, 0.15) is 37.3 Å². The number of ether oxygens (including phenoxy) is 1. The fraction of sp³-hybridized carbons (Fsp3) is 0.417. The van der Waals surface area contributed by atoms with E-state index in [0.29, 0.717) is 23.0 Å². The van der Waals surface area contributed by atoms with Crippen molar-refractivity contribution < 1.29 is 4.74 Å². The highest BCUT2D eigenvalue weighted by molar-refractivity contribution is 6.31. The van der Waals surface area contributed by atoms with Crippen LogP contribution in [0.4, 0.5) is 5.69 Å². The molecule has 2 aromatic rings. The minimum Gasteiger partial charge on any atom is -0.437 e. The van der Waals surface area contributed by atoms with E-state index in [4.69, 9.17) is 21.7 Å². The summed E-state index contributed by atoms with van der Waals surface area (Å²) in [5.41, 5.74) is 3.94. The van der Waals surface area contributed by atoms with Crippen LogP contribution in [-0.4, -0.2) is 43.4 Å². The van der Waals surface area contributed by atoms with E-state index in [0.717, 1.165) is 66.9 Å². The van der Waals surface area contributed by atoms with E-state index in [9.17, 15) is 0 Å². The Morgan fingerprint density at radius 2 is 2.10 bits per heavy atom. The van der Waals surface area contributed by atoms with Gasteiger partial charge in [-0.3, -0.25) is 0 Å². The third kappa shape index (κ3) is 4.70. The van der Waals surface area contributed by atoms with Gasteiger partial charge in [0.25, 0.3) is 0 Å². The number of halogens is 1. The molecule has 4 rings (SSSR count). The number of nitrogens with one attached hydrogen (secondary N) is 3. The van der Waals surface area contributed by atoms with Crippen LogP contribution in [0.25, 0.3) is 5.57 Å². The second kappa shape index (κ2) is 9.71. The lowest BCUT2D eigenvalue weighted by molar-refractivity contribution is 0.420. The lowest BCUT2D eigenvalue weighted by atomic mass is 9.92. The predicted molar refractivity (Wildman–Crippen MR) is 128 cm³/mol. The largest absolute Gasteiger partial charge is 0.437 e. The summed E-state index contributed by atoms with van der Waals surface area (Å²) in [5, 5.41) is 15.5. The second-order valence-corrected chi connectivity index (χ2v) is 8.67. The van der Waals surface area contributed by atoms with Crippen molar-refractivity contribution in [3.8, 4) is 11.6 Å². The molecule has 0 amide bonds. The number of pyridine rings is 1. The summed E-state index contributed by atoms with van der Waals surface area (Å²) in [6.07, 6.45) is 9.10. The van der Waals surface area contributed by atoms with Crippen LogP contribution in [-0.2, 0) is 6.42 Å². The molecule has 1 unspecified atom stereocenters. The minimum atomic E-state index is 0.385. The van der Waals surface area contributed by atoms with Gasteiger partial charge in [-0.15, -0.1) is 0 Å². The maximum absolute atomic E-state index is 8.09. The van der Waals surface area contributed by atoms with E-state index in [-0.39, 0.29) is 0 Å². The van der Waals surface area contributed by atoms with Crippen LogP contribution < -0.4 is 20.3 Å². The summed E-state index contributed by atoms with van der Waals surface area (Å²) >= 11 is 6.36. The predicted octanol–water partition coefficient (Wildman–Crippen LogP) is 4.63. The highest BCUT2D eigenvalue weighted by atomic mass is 35.5. The third-order valence-corrected chi connectivity index (χ3v) is 6.58. The van der Waals surface area contributed by atoms with E-state index >= 15 is 0 Å². The number of anilines is 1. The molecule has 0 bridgehead atoms. The zero-order chi connectivity index (χ0) is 21.8. The first-order valence-electron chi connectivity index (χ1n) is 10.9. The quantitative estimate of drug-likeness (QED) is 0.572. The van der Waals surface area contributed by atoms with E-state index in [1.54, 1.807) is 18.3 Å². The van der Waals surface area contributed by atoms with Gasteiger partial charge < -0.3 is 25.7 Å². The number of benzene rings is 1. The summed E-state index contributed by atoms with van der Waals surface area (Å²) in [7, 11) is 2.12. The van der Waals surface area contributed by atoms with Crippen LogP contribution in [0, 0.1) is 5.41 Å². The van der Waals surface area contributed by atoms with Crippen molar-refractivity contribution in [2.45, 2.75) is 44.7 Å². The zero-order valence-corrected chi connectivity index (χ0v) is 18.9. The Hall–Kier alpha value is -2.57. The van der Waals surface area contributed by atoms with E-state index < -0.39 is 0 Å². The molecule has 1 aromatic carbocycles. The molecule has 1 aromatic heterocycles. The van der Waals surface area contributed by atoms with Crippen LogP contribution in [0.2, 0.25) is 5.02 Å². The maximum atomic E-state index is 8.09. The van der Waals surface area contributed by atoms with Crippen molar-refractivity contribution in [1.29, 1.82) is 5.41 Å². The number of nitrogens with zero attached hydrogens (tertiary/aromatic N) is 2. The summed E-state index contributed by atoms with van der Waals surface area (Å²) in [6, 6.07) is 8.62. The molecule has 2 aliphatic heterocycles. The van der Waals surface area contributed by atoms with Gasteiger partial charge in [0.15, 0.2) is 0 Å².